The summed E-state index contributed by atoms with van der Waals surface area (Å²) in [6.45, 7) is 2.37. The Morgan fingerprint density at radius 1 is 1.39 bits per heavy atom. The maximum Gasteiger partial charge on any atom is 0.252 e. The van der Waals surface area contributed by atoms with Crippen LogP contribution in [0, 0.1) is 6.92 Å². The lowest BCUT2D eigenvalue weighted by atomic mass is 10.1. The smallest absolute Gasteiger partial charge is 0.252 e. The molecule has 0 fully saturated rings. The first kappa shape index (κ1) is 12.7. The van der Waals surface area contributed by atoms with E-state index in [4.69, 9.17) is 0 Å². The van der Waals surface area contributed by atoms with Crippen molar-refractivity contribution in [3.05, 3.63) is 58.1 Å². The lowest BCUT2D eigenvalue weighted by Crippen LogP contribution is -2.23. The van der Waals surface area contributed by atoms with Crippen molar-refractivity contribution in [2.75, 3.05) is 0 Å². The first-order chi connectivity index (χ1) is 8.66. The second kappa shape index (κ2) is 5.73. The van der Waals surface area contributed by atoms with Crippen LogP contribution in [0.5, 0.6) is 0 Å². The zero-order chi connectivity index (χ0) is 13.0. The number of halogens is 1. The average Bonchev–Trinajstić information content (AvgIpc) is 2.37. The molecule has 1 aromatic carbocycles. The van der Waals surface area contributed by atoms with Crippen molar-refractivity contribution in [1.82, 2.24) is 15.3 Å². The van der Waals surface area contributed by atoms with E-state index in [-0.39, 0.29) is 5.91 Å². The molecule has 1 amide bonds. The normalized spacial score (nSPS) is 10.1. The Bertz CT molecular complexity index is 557. The Morgan fingerprint density at radius 3 is 2.89 bits per heavy atom. The number of nitrogens with zero attached hydrogens (tertiary/aromatic N) is 2. The van der Waals surface area contributed by atoms with Crippen molar-refractivity contribution in [1.29, 1.82) is 0 Å². The first-order valence-corrected chi connectivity index (χ1v) is 6.25. The molecule has 0 spiro atoms. The molecule has 4 nitrogen and oxygen atoms in total. The second-order valence-corrected chi connectivity index (χ2v) is 4.72. The van der Waals surface area contributed by atoms with Gasteiger partial charge in [-0.25, -0.2) is 9.97 Å². The van der Waals surface area contributed by atoms with Gasteiger partial charge in [0.05, 0.1) is 17.8 Å². The Morgan fingerprint density at radius 2 is 2.22 bits per heavy atom. The number of aromatic nitrogens is 2. The van der Waals surface area contributed by atoms with E-state index in [0.29, 0.717) is 12.1 Å². The molecule has 18 heavy (non-hydrogen) atoms. The fraction of sp³-hybridized carbons (Fsp3) is 0.154. The summed E-state index contributed by atoms with van der Waals surface area (Å²) >= 11 is 3.39. The molecule has 0 saturated carbocycles. The van der Waals surface area contributed by atoms with Crippen molar-refractivity contribution in [2.24, 2.45) is 0 Å². The third-order valence-corrected chi connectivity index (χ3v) is 3.10. The highest BCUT2D eigenvalue weighted by atomic mass is 79.9. The number of carbonyl (C=O) groups excluding carboxylic acids is 1. The molecule has 1 aromatic heterocycles. The Labute approximate surface area is 114 Å². The predicted octanol–water partition coefficient (Wildman–Crippen LogP) is 2.48. The third kappa shape index (κ3) is 3.13. The number of aryl methyl sites for hydroxylation is 1. The van der Waals surface area contributed by atoms with Crippen molar-refractivity contribution >= 4 is 21.8 Å². The van der Waals surface area contributed by atoms with Gasteiger partial charge in [0.25, 0.3) is 5.91 Å². The van der Waals surface area contributed by atoms with Crippen molar-refractivity contribution in [3.63, 3.8) is 0 Å². The number of hydrogen-bond donors (Lipinski definition) is 1. The highest BCUT2D eigenvalue weighted by Crippen LogP contribution is 2.18. The van der Waals surface area contributed by atoms with Crippen LogP contribution in [0.15, 0.2) is 41.3 Å². The Kier molecular flexibility index (Phi) is 4.04. The minimum atomic E-state index is -0.125. The topological polar surface area (TPSA) is 54.9 Å². The molecular weight excluding hydrogens is 294 g/mol. The quantitative estimate of drug-likeness (QED) is 0.948. The van der Waals surface area contributed by atoms with Crippen molar-refractivity contribution in [2.45, 2.75) is 13.5 Å². The highest BCUT2D eigenvalue weighted by Gasteiger charge is 2.09. The number of benzene rings is 1. The molecule has 0 atom stereocenters. The summed E-state index contributed by atoms with van der Waals surface area (Å²) < 4.78 is 0.794. The van der Waals surface area contributed by atoms with Crippen molar-refractivity contribution in [3.8, 4) is 0 Å². The van der Waals surface area contributed by atoms with Gasteiger partial charge in [0, 0.05) is 10.7 Å². The van der Waals surface area contributed by atoms with Gasteiger partial charge in [-0.05, 0) is 46.6 Å². The highest BCUT2D eigenvalue weighted by molar-refractivity contribution is 9.10. The summed E-state index contributed by atoms with van der Waals surface area (Å²) in [6, 6.07) is 7.39. The van der Waals surface area contributed by atoms with Gasteiger partial charge in [-0.15, -0.1) is 0 Å². The summed E-state index contributed by atoms with van der Waals surface area (Å²) in [5.74, 6) is -0.125. The van der Waals surface area contributed by atoms with Gasteiger partial charge in [0.2, 0.25) is 0 Å². The molecule has 0 saturated heterocycles. The van der Waals surface area contributed by atoms with E-state index in [1.54, 1.807) is 18.3 Å². The van der Waals surface area contributed by atoms with Crippen LogP contribution in [0.4, 0.5) is 0 Å². The summed E-state index contributed by atoms with van der Waals surface area (Å²) in [6.07, 6.45) is 3.11. The average molecular weight is 306 g/mol. The van der Waals surface area contributed by atoms with Crippen LogP contribution in [0.2, 0.25) is 0 Å². The van der Waals surface area contributed by atoms with Crippen LogP contribution in [0.1, 0.15) is 21.6 Å². The van der Waals surface area contributed by atoms with Gasteiger partial charge >= 0.3 is 0 Å². The monoisotopic (exact) mass is 305 g/mol. The van der Waals surface area contributed by atoms with Crippen LogP contribution in [-0.2, 0) is 6.54 Å². The van der Waals surface area contributed by atoms with E-state index < -0.39 is 0 Å². The maximum atomic E-state index is 12.0. The molecule has 0 unspecified atom stereocenters. The molecule has 5 heteroatoms. The predicted molar refractivity (Wildman–Crippen MR) is 72.1 cm³/mol. The van der Waals surface area contributed by atoms with Gasteiger partial charge in [-0.2, -0.15) is 0 Å². The third-order valence-electron chi connectivity index (χ3n) is 2.44. The van der Waals surface area contributed by atoms with Gasteiger partial charge in [-0.1, -0.05) is 6.07 Å². The molecule has 0 aliphatic carbocycles. The molecule has 0 radical (unpaired) electrons. The summed E-state index contributed by atoms with van der Waals surface area (Å²) in [5.41, 5.74) is 2.51. The van der Waals surface area contributed by atoms with Gasteiger partial charge in [0.1, 0.15) is 6.33 Å². The van der Waals surface area contributed by atoms with E-state index in [1.807, 2.05) is 19.1 Å². The fourth-order valence-corrected chi connectivity index (χ4v) is 2.17. The molecule has 1 N–H and O–H groups in total. The summed E-state index contributed by atoms with van der Waals surface area (Å²) in [7, 11) is 0. The number of hydrogen-bond acceptors (Lipinski definition) is 3. The molecule has 2 aromatic rings. The van der Waals surface area contributed by atoms with E-state index in [2.05, 4.69) is 31.2 Å². The van der Waals surface area contributed by atoms with Gasteiger partial charge in [-0.3, -0.25) is 4.79 Å². The first-order valence-electron chi connectivity index (χ1n) is 5.46. The molecule has 2 rings (SSSR count). The summed E-state index contributed by atoms with van der Waals surface area (Å²) in [5, 5.41) is 2.82. The van der Waals surface area contributed by atoms with Crippen LogP contribution >= 0.6 is 15.9 Å². The molecule has 0 bridgehead atoms. The lowest BCUT2D eigenvalue weighted by Gasteiger charge is -2.07. The SMILES string of the molecule is Cc1ccc(C(=O)NCc2ccncn2)c(Br)c1. The van der Waals surface area contributed by atoms with E-state index >= 15 is 0 Å². The summed E-state index contributed by atoms with van der Waals surface area (Å²) in [4.78, 5) is 19.8. The minimum Gasteiger partial charge on any atom is -0.346 e. The van der Waals surface area contributed by atoms with E-state index in [1.165, 1.54) is 6.33 Å². The fourth-order valence-electron chi connectivity index (χ4n) is 1.49. The van der Waals surface area contributed by atoms with Crippen LogP contribution in [0.3, 0.4) is 0 Å². The number of carbonyl (C=O) groups is 1. The zero-order valence-corrected chi connectivity index (χ0v) is 11.4. The minimum absolute atomic E-state index is 0.125. The molecular formula is C13H12BrN3O. The largest absolute Gasteiger partial charge is 0.346 e. The zero-order valence-electron chi connectivity index (χ0n) is 9.85. The Balaban J connectivity index is 2.04. The standard InChI is InChI=1S/C13H12BrN3O/c1-9-2-3-11(12(14)6-9)13(18)16-7-10-4-5-15-8-17-10/h2-6,8H,7H2,1H3,(H,16,18). The molecule has 92 valence electrons. The molecule has 1 heterocycles. The molecule has 0 aliphatic heterocycles. The second-order valence-electron chi connectivity index (χ2n) is 3.87. The van der Waals surface area contributed by atoms with Crippen LogP contribution < -0.4 is 5.32 Å². The van der Waals surface area contributed by atoms with Crippen LogP contribution in [0.25, 0.3) is 0 Å². The van der Waals surface area contributed by atoms with Gasteiger partial charge in [0.15, 0.2) is 0 Å². The number of rotatable bonds is 3. The van der Waals surface area contributed by atoms with Crippen LogP contribution in [-0.4, -0.2) is 15.9 Å². The van der Waals surface area contributed by atoms with E-state index in [9.17, 15) is 4.79 Å². The molecule has 0 aliphatic rings. The number of amides is 1. The van der Waals surface area contributed by atoms with E-state index in [0.717, 1.165) is 15.7 Å². The lowest BCUT2D eigenvalue weighted by molar-refractivity contribution is 0.0949. The maximum absolute atomic E-state index is 12.0. The van der Waals surface area contributed by atoms with Crippen molar-refractivity contribution < 1.29 is 4.79 Å². The van der Waals surface area contributed by atoms with Gasteiger partial charge < -0.3 is 5.32 Å². The Hall–Kier alpha value is -1.75. The number of nitrogens with one attached hydrogen (secondary N) is 1.